The molecule has 0 aromatic heterocycles. The van der Waals surface area contributed by atoms with Crippen LogP contribution in [0.2, 0.25) is 0 Å². The van der Waals surface area contributed by atoms with Crippen LogP contribution in [0.1, 0.15) is 40.0 Å². The van der Waals surface area contributed by atoms with Gasteiger partial charge in [0.1, 0.15) is 0 Å². The van der Waals surface area contributed by atoms with Crippen molar-refractivity contribution in [2.45, 2.75) is 52.1 Å². The third-order valence-electron chi connectivity index (χ3n) is 3.98. The molecule has 1 aliphatic heterocycles. The Labute approximate surface area is 111 Å². The average Bonchev–Trinajstić information content (AvgIpc) is 2.35. The third-order valence-corrected chi connectivity index (χ3v) is 3.98. The Morgan fingerprint density at radius 1 is 1.39 bits per heavy atom. The lowest BCUT2D eigenvalue weighted by atomic mass is 9.94. The summed E-state index contributed by atoms with van der Waals surface area (Å²) in [5.74, 6) is 0.750. The van der Waals surface area contributed by atoms with Gasteiger partial charge in [-0.2, -0.15) is 0 Å². The van der Waals surface area contributed by atoms with Crippen molar-refractivity contribution in [1.82, 2.24) is 15.5 Å². The zero-order chi connectivity index (χ0) is 13.5. The number of carbonyl (C=O) groups is 1. The number of amides is 1. The summed E-state index contributed by atoms with van der Waals surface area (Å²) in [6.07, 6.45) is 3.15. The van der Waals surface area contributed by atoms with Crippen LogP contribution in [-0.2, 0) is 4.79 Å². The summed E-state index contributed by atoms with van der Waals surface area (Å²) in [5.41, 5.74) is 0. The van der Waals surface area contributed by atoms with E-state index in [-0.39, 0.29) is 5.91 Å². The highest BCUT2D eigenvalue weighted by molar-refractivity contribution is 5.78. The van der Waals surface area contributed by atoms with E-state index in [2.05, 4.69) is 43.4 Å². The molecule has 0 saturated carbocycles. The zero-order valence-electron chi connectivity index (χ0n) is 12.3. The normalized spacial score (nSPS) is 25.4. The number of hydrogen-bond acceptors (Lipinski definition) is 3. The van der Waals surface area contributed by atoms with Gasteiger partial charge in [-0.3, -0.25) is 4.79 Å². The molecule has 106 valence electrons. The van der Waals surface area contributed by atoms with Crippen molar-refractivity contribution in [3.63, 3.8) is 0 Å². The summed E-state index contributed by atoms with van der Waals surface area (Å²) in [6, 6.07) is 0.808. The van der Waals surface area contributed by atoms with E-state index in [1.165, 1.54) is 0 Å². The fourth-order valence-electron chi connectivity index (χ4n) is 2.65. The van der Waals surface area contributed by atoms with E-state index >= 15 is 0 Å². The van der Waals surface area contributed by atoms with Crippen LogP contribution in [0.4, 0.5) is 0 Å². The lowest BCUT2D eigenvalue weighted by Gasteiger charge is -2.35. The molecule has 0 aromatic rings. The molecule has 1 saturated heterocycles. The van der Waals surface area contributed by atoms with Gasteiger partial charge in [0.05, 0.1) is 6.54 Å². The summed E-state index contributed by atoms with van der Waals surface area (Å²) in [5, 5.41) is 6.47. The quantitative estimate of drug-likeness (QED) is 0.750. The van der Waals surface area contributed by atoms with Gasteiger partial charge < -0.3 is 15.5 Å². The molecule has 0 aromatic carbocycles. The molecule has 18 heavy (non-hydrogen) atoms. The second kappa shape index (κ2) is 7.74. The van der Waals surface area contributed by atoms with Crippen LogP contribution in [-0.4, -0.2) is 49.6 Å². The minimum atomic E-state index is 0.134. The molecular weight excluding hydrogens is 226 g/mol. The molecule has 1 fully saturated rings. The first-order valence-electron chi connectivity index (χ1n) is 7.28. The first-order valence-corrected chi connectivity index (χ1v) is 7.28. The standard InChI is InChI=1S/C14H29N3O/c1-5-12(6-2)16-14(18)9-15-13-7-8-17(4)10-11(13)3/h11-13,15H,5-10H2,1-4H3,(H,16,18). The van der Waals surface area contributed by atoms with E-state index in [1.54, 1.807) is 0 Å². The molecule has 0 radical (unpaired) electrons. The minimum absolute atomic E-state index is 0.134. The second-order valence-electron chi connectivity index (χ2n) is 5.60. The van der Waals surface area contributed by atoms with Crippen LogP contribution in [0.5, 0.6) is 0 Å². The molecule has 0 bridgehead atoms. The van der Waals surface area contributed by atoms with Crippen molar-refractivity contribution in [2.24, 2.45) is 5.92 Å². The Hall–Kier alpha value is -0.610. The van der Waals surface area contributed by atoms with E-state index in [4.69, 9.17) is 0 Å². The Kier molecular flexibility index (Phi) is 6.65. The Morgan fingerprint density at radius 2 is 2.06 bits per heavy atom. The molecular formula is C14H29N3O. The van der Waals surface area contributed by atoms with Crippen molar-refractivity contribution in [3.05, 3.63) is 0 Å². The minimum Gasteiger partial charge on any atom is -0.352 e. The maximum absolute atomic E-state index is 11.8. The van der Waals surface area contributed by atoms with E-state index in [0.717, 1.165) is 32.4 Å². The molecule has 0 spiro atoms. The maximum atomic E-state index is 11.8. The fourth-order valence-corrected chi connectivity index (χ4v) is 2.65. The average molecular weight is 255 g/mol. The summed E-state index contributed by atoms with van der Waals surface area (Å²) in [7, 11) is 2.16. The van der Waals surface area contributed by atoms with Crippen LogP contribution >= 0.6 is 0 Å². The van der Waals surface area contributed by atoms with Gasteiger partial charge >= 0.3 is 0 Å². The third kappa shape index (κ3) is 4.94. The predicted molar refractivity (Wildman–Crippen MR) is 75.6 cm³/mol. The lowest BCUT2D eigenvalue weighted by molar-refractivity contribution is -0.121. The number of piperidine rings is 1. The van der Waals surface area contributed by atoms with E-state index in [0.29, 0.717) is 24.5 Å². The van der Waals surface area contributed by atoms with Crippen molar-refractivity contribution >= 4 is 5.91 Å². The Morgan fingerprint density at radius 3 is 2.61 bits per heavy atom. The molecule has 2 N–H and O–H groups in total. The summed E-state index contributed by atoms with van der Waals surface area (Å²) >= 11 is 0. The van der Waals surface area contributed by atoms with Crippen LogP contribution in [0.3, 0.4) is 0 Å². The summed E-state index contributed by atoms with van der Waals surface area (Å²) in [4.78, 5) is 14.2. The first kappa shape index (κ1) is 15.4. The molecule has 1 amide bonds. The molecule has 4 heteroatoms. The van der Waals surface area contributed by atoms with E-state index in [9.17, 15) is 4.79 Å². The van der Waals surface area contributed by atoms with Gasteiger partial charge in [0.15, 0.2) is 0 Å². The number of rotatable bonds is 6. The molecule has 2 unspecified atom stereocenters. The second-order valence-corrected chi connectivity index (χ2v) is 5.60. The molecule has 1 heterocycles. The number of nitrogens with zero attached hydrogens (tertiary/aromatic N) is 1. The van der Waals surface area contributed by atoms with E-state index < -0.39 is 0 Å². The first-order chi connectivity index (χ1) is 8.56. The van der Waals surface area contributed by atoms with Crippen LogP contribution in [0, 0.1) is 5.92 Å². The van der Waals surface area contributed by atoms with Gasteiger partial charge in [-0.15, -0.1) is 0 Å². The fraction of sp³-hybridized carbons (Fsp3) is 0.929. The maximum Gasteiger partial charge on any atom is 0.234 e. The SMILES string of the molecule is CCC(CC)NC(=O)CNC1CCN(C)CC1C. The Bertz CT molecular complexity index is 253. The summed E-state index contributed by atoms with van der Waals surface area (Å²) in [6.45, 7) is 9.17. The molecule has 1 rings (SSSR count). The highest BCUT2D eigenvalue weighted by Gasteiger charge is 2.24. The van der Waals surface area contributed by atoms with Gasteiger partial charge in [-0.05, 0) is 38.8 Å². The van der Waals surface area contributed by atoms with Gasteiger partial charge in [-0.1, -0.05) is 20.8 Å². The van der Waals surface area contributed by atoms with Gasteiger partial charge in [0.2, 0.25) is 5.91 Å². The Balaban J connectivity index is 2.25. The van der Waals surface area contributed by atoms with Crippen molar-refractivity contribution in [3.8, 4) is 0 Å². The van der Waals surface area contributed by atoms with Gasteiger partial charge in [-0.25, -0.2) is 0 Å². The molecule has 2 atom stereocenters. The van der Waals surface area contributed by atoms with E-state index in [1.807, 2.05) is 0 Å². The van der Waals surface area contributed by atoms with Crippen LogP contribution in [0.25, 0.3) is 0 Å². The summed E-state index contributed by atoms with van der Waals surface area (Å²) < 4.78 is 0. The predicted octanol–water partition coefficient (Wildman–Crippen LogP) is 1.22. The van der Waals surface area contributed by atoms with Gasteiger partial charge in [0, 0.05) is 18.6 Å². The largest absolute Gasteiger partial charge is 0.352 e. The topological polar surface area (TPSA) is 44.4 Å². The van der Waals surface area contributed by atoms with Crippen LogP contribution < -0.4 is 10.6 Å². The molecule has 1 aliphatic rings. The molecule has 4 nitrogen and oxygen atoms in total. The zero-order valence-corrected chi connectivity index (χ0v) is 12.3. The lowest BCUT2D eigenvalue weighted by Crippen LogP contribution is -2.50. The highest BCUT2D eigenvalue weighted by Crippen LogP contribution is 2.14. The van der Waals surface area contributed by atoms with Crippen molar-refractivity contribution < 1.29 is 4.79 Å². The number of likely N-dealkylation sites (tertiary alicyclic amines) is 1. The molecule has 0 aliphatic carbocycles. The van der Waals surface area contributed by atoms with Crippen molar-refractivity contribution in [2.75, 3.05) is 26.7 Å². The number of hydrogen-bond donors (Lipinski definition) is 2. The van der Waals surface area contributed by atoms with Gasteiger partial charge in [0.25, 0.3) is 0 Å². The highest BCUT2D eigenvalue weighted by atomic mass is 16.1. The number of nitrogens with one attached hydrogen (secondary N) is 2. The van der Waals surface area contributed by atoms with Crippen LogP contribution in [0.15, 0.2) is 0 Å². The van der Waals surface area contributed by atoms with Crippen molar-refractivity contribution in [1.29, 1.82) is 0 Å². The monoisotopic (exact) mass is 255 g/mol. The number of carbonyl (C=O) groups excluding carboxylic acids is 1. The smallest absolute Gasteiger partial charge is 0.234 e.